The van der Waals surface area contributed by atoms with Crippen LogP contribution < -0.4 is 5.32 Å². The zero-order chi connectivity index (χ0) is 18.5. The lowest BCUT2D eigenvalue weighted by molar-refractivity contribution is -0.137. The van der Waals surface area contributed by atoms with Gasteiger partial charge in [0.05, 0.1) is 6.54 Å². The van der Waals surface area contributed by atoms with Crippen LogP contribution in [-0.2, 0) is 22.7 Å². The van der Waals surface area contributed by atoms with Crippen LogP contribution in [0.15, 0.2) is 48.8 Å². The Kier molecular flexibility index (Phi) is 5.26. The first-order valence-corrected chi connectivity index (χ1v) is 8.34. The van der Waals surface area contributed by atoms with E-state index in [9.17, 15) is 14.4 Å². The Morgan fingerprint density at radius 1 is 1.19 bits per heavy atom. The summed E-state index contributed by atoms with van der Waals surface area (Å²) < 4.78 is 0. The van der Waals surface area contributed by atoms with E-state index in [1.807, 2.05) is 43.3 Å². The molecule has 1 N–H and O–H groups in total. The molecule has 26 heavy (non-hydrogen) atoms. The van der Waals surface area contributed by atoms with Crippen molar-refractivity contribution in [1.82, 2.24) is 20.1 Å². The molecule has 0 aliphatic carbocycles. The average Bonchev–Trinajstić information content (AvgIpc) is 2.95. The largest absolute Gasteiger partial charge is 0.332 e. The fourth-order valence-corrected chi connectivity index (χ4v) is 2.79. The minimum atomic E-state index is -0.527. The van der Waals surface area contributed by atoms with Crippen molar-refractivity contribution in [1.29, 1.82) is 0 Å². The molecule has 0 saturated carbocycles. The van der Waals surface area contributed by atoms with Gasteiger partial charge in [-0.15, -0.1) is 0 Å². The third-order valence-electron chi connectivity index (χ3n) is 4.30. The van der Waals surface area contributed by atoms with Crippen molar-refractivity contribution in [3.63, 3.8) is 0 Å². The van der Waals surface area contributed by atoms with E-state index < -0.39 is 6.03 Å². The van der Waals surface area contributed by atoms with Crippen molar-refractivity contribution in [3.8, 4) is 0 Å². The number of urea groups is 1. The van der Waals surface area contributed by atoms with Gasteiger partial charge in [-0.3, -0.25) is 19.5 Å². The number of imide groups is 1. The fourth-order valence-electron chi connectivity index (χ4n) is 2.79. The number of hydrogen-bond donors (Lipinski definition) is 1. The van der Waals surface area contributed by atoms with Crippen LogP contribution in [0.1, 0.15) is 16.7 Å². The molecule has 1 aliphatic rings. The van der Waals surface area contributed by atoms with Crippen molar-refractivity contribution >= 4 is 17.8 Å². The van der Waals surface area contributed by atoms with E-state index in [1.54, 1.807) is 17.3 Å². The van der Waals surface area contributed by atoms with Gasteiger partial charge in [-0.1, -0.05) is 30.3 Å². The predicted octanol–water partition coefficient (Wildman–Crippen LogP) is 1.47. The summed E-state index contributed by atoms with van der Waals surface area (Å²) in [7, 11) is 0. The number of nitrogens with zero attached hydrogens (tertiary/aromatic N) is 3. The molecule has 0 unspecified atom stereocenters. The number of carbonyl (C=O) groups is 3. The van der Waals surface area contributed by atoms with Crippen molar-refractivity contribution < 1.29 is 14.4 Å². The molecule has 0 spiro atoms. The molecular weight excluding hydrogens is 332 g/mol. The molecular formula is C19H20N4O3. The van der Waals surface area contributed by atoms with E-state index in [-0.39, 0.29) is 24.9 Å². The second-order valence-corrected chi connectivity index (χ2v) is 6.18. The van der Waals surface area contributed by atoms with Crippen LogP contribution in [-0.4, -0.2) is 45.7 Å². The molecule has 2 heterocycles. The van der Waals surface area contributed by atoms with Crippen LogP contribution in [0.5, 0.6) is 0 Å². The van der Waals surface area contributed by atoms with Gasteiger partial charge in [-0.05, 0) is 29.7 Å². The molecule has 0 atom stereocenters. The summed E-state index contributed by atoms with van der Waals surface area (Å²) in [5, 5.41) is 2.43. The molecule has 1 aromatic carbocycles. The first kappa shape index (κ1) is 17.6. The average molecular weight is 352 g/mol. The zero-order valence-corrected chi connectivity index (χ0v) is 14.5. The van der Waals surface area contributed by atoms with E-state index >= 15 is 0 Å². The van der Waals surface area contributed by atoms with E-state index in [0.717, 1.165) is 21.6 Å². The zero-order valence-electron chi connectivity index (χ0n) is 14.5. The number of pyridine rings is 1. The number of hydrogen-bond acceptors (Lipinski definition) is 4. The van der Waals surface area contributed by atoms with Gasteiger partial charge in [-0.2, -0.15) is 0 Å². The van der Waals surface area contributed by atoms with Crippen LogP contribution in [0, 0.1) is 6.92 Å². The standard InChI is InChI=1S/C19H20N4O3/c1-14-5-2-3-7-16(14)12-22(11-15-6-4-8-20-9-15)18(25)13-23-17(24)10-21-19(23)26/h2-9H,10-13H2,1H3,(H,21,26). The van der Waals surface area contributed by atoms with Crippen LogP contribution >= 0.6 is 0 Å². The third kappa shape index (κ3) is 4.05. The molecule has 134 valence electrons. The molecule has 1 aliphatic heterocycles. The molecule has 4 amide bonds. The Labute approximate surface area is 151 Å². The summed E-state index contributed by atoms with van der Waals surface area (Å²) >= 11 is 0. The Hall–Kier alpha value is -3.22. The van der Waals surface area contributed by atoms with Crippen LogP contribution in [0.3, 0.4) is 0 Å². The first-order valence-electron chi connectivity index (χ1n) is 8.34. The Morgan fingerprint density at radius 3 is 2.65 bits per heavy atom. The molecule has 7 nitrogen and oxygen atoms in total. The quantitative estimate of drug-likeness (QED) is 0.798. The van der Waals surface area contributed by atoms with Gasteiger partial charge in [0.1, 0.15) is 6.54 Å². The maximum Gasteiger partial charge on any atom is 0.325 e. The van der Waals surface area contributed by atoms with Gasteiger partial charge in [0, 0.05) is 25.5 Å². The maximum absolute atomic E-state index is 12.8. The minimum Gasteiger partial charge on any atom is -0.332 e. The highest BCUT2D eigenvalue weighted by Crippen LogP contribution is 2.14. The van der Waals surface area contributed by atoms with Gasteiger partial charge in [0.15, 0.2) is 0 Å². The van der Waals surface area contributed by atoms with Gasteiger partial charge in [-0.25, -0.2) is 4.79 Å². The number of aryl methyl sites for hydroxylation is 1. The number of amides is 4. The second kappa shape index (κ2) is 7.77. The van der Waals surface area contributed by atoms with Crippen molar-refractivity contribution in [2.75, 3.05) is 13.1 Å². The molecule has 3 rings (SSSR count). The SMILES string of the molecule is Cc1ccccc1CN(Cc1cccnc1)C(=O)CN1C(=O)CNC1=O. The summed E-state index contributed by atoms with van der Waals surface area (Å²) in [6, 6.07) is 11.0. The summed E-state index contributed by atoms with van der Waals surface area (Å²) in [5.74, 6) is -0.678. The predicted molar refractivity (Wildman–Crippen MR) is 94.8 cm³/mol. The number of benzene rings is 1. The van der Waals surface area contributed by atoms with Gasteiger partial charge in [0.25, 0.3) is 5.91 Å². The molecule has 0 radical (unpaired) electrons. The molecule has 1 aromatic heterocycles. The molecule has 7 heteroatoms. The Balaban J connectivity index is 1.79. The number of aromatic nitrogens is 1. The maximum atomic E-state index is 12.8. The topological polar surface area (TPSA) is 82.6 Å². The van der Waals surface area contributed by atoms with Crippen LogP contribution in [0.4, 0.5) is 4.79 Å². The lowest BCUT2D eigenvalue weighted by atomic mass is 10.1. The minimum absolute atomic E-state index is 0.0630. The van der Waals surface area contributed by atoms with Crippen molar-refractivity contribution in [2.24, 2.45) is 0 Å². The smallest absolute Gasteiger partial charge is 0.325 e. The third-order valence-corrected chi connectivity index (χ3v) is 4.30. The highest BCUT2D eigenvalue weighted by Gasteiger charge is 2.31. The summed E-state index contributed by atoms with van der Waals surface area (Å²) in [5.41, 5.74) is 2.97. The molecule has 1 saturated heterocycles. The van der Waals surface area contributed by atoms with Crippen LogP contribution in [0.2, 0.25) is 0 Å². The normalized spacial score (nSPS) is 13.7. The Bertz CT molecular complexity index is 807. The molecule has 0 bridgehead atoms. The van der Waals surface area contributed by atoms with E-state index in [2.05, 4.69) is 10.3 Å². The lowest BCUT2D eigenvalue weighted by Crippen LogP contribution is -2.42. The summed E-state index contributed by atoms with van der Waals surface area (Å²) in [4.78, 5) is 43.0. The summed E-state index contributed by atoms with van der Waals surface area (Å²) in [6.07, 6.45) is 3.37. The lowest BCUT2D eigenvalue weighted by Gasteiger charge is -2.25. The highest BCUT2D eigenvalue weighted by molar-refractivity contribution is 6.04. The monoisotopic (exact) mass is 352 g/mol. The van der Waals surface area contributed by atoms with E-state index in [1.165, 1.54) is 0 Å². The molecule has 1 fully saturated rings. The van der Waals surface area contributed by atoms with Gasteiger partial charge < -0.3 is 10.2 Å². The van der Waals surface area contributed by atoms with Crippen LogP contribution in [0.25, 0.3) is 0 Å². The van der Waals surface area contributed by atoms with Gasteiger partial charge >= 0.3 is 6.03 Å². The number of carbonyl (C=O) groups excluding carboxylic acids is 3. The van der Waals surface area contributed by atoms with E-state index in [0.29, 0.717) is 13.1 Å². The van der Waals surface area contributed by atoms with Crippen molar-refractivity contribution in [3.05, 3.63) is 65.5 Å². The van der Waals surface area contributed by atoms with Gasteiger partial charge in [0.2, 0.25) is 5.91 Å². The fraction of sp³-hybridized carbons (Fsp3) is 0.263. The van der Waals surface area contributed by atoms with Crippen molar-refractivity contribution in [2.45, 2.75) is 20.0 Å². The second-order valence-electron chi connectivity index (χ2n) is 6.18. The first-order chi connectivity index (χ1) is 12.5. The Morgan fingerprint density at radius 2 is 2.00 bits per heavy atom. The highest BCUT2D eigenvalue weighted by atomic mass is 16.2. The van der Waals surface area contributed by atoms with E-state index in [4.69, 9.17) is 0 Å². The molecule has 2 aromatic rings. The number of nitrogens with one attached hydrogen (secondary N) is 1. The summed E-state index contributed by atoms with van der Waals surface area (Å²) in [6.45, 7) is 2.40. The number of rotatable bonds is 6.